The number of halogens is 1. The molecule has 0 amide bonds. The molecule has 0 aliphatic heterocycles. The highest BCUT2D eigenvalue weighted by Crippen LogP contribution is 2.20. The first-order valence-corrected chi connectivity index (χ1v) is 7.97. The van der Waals surface area contributed by atoms with Crippen LogP contribution in [-0.2, 0) is 6.61 Å². The normalized spacial score (nSPS) is 10.7. The first-order chi connectivity index (χ1) is 13.1. The predicted molar refractivity (Wildman–Crippen MR) is 99.3 cm³/mol. The van der Waals surface area contributed by atoms with Gasteiger partial charge >= 0.3 is 5.69 Å². The summed E-state index contributed by atoms with van der Waals surface area (Å²) in [5.74, 6) is 0.440. The summed E-state index contributed by atoms with van der Waals surface area (Å²) in [7, 11) is 0. The highest BCUT2D eigenvalue weighted by molar-refractivity contribution is 5.80. The molecule has 7 nitrogen and oxygen atoms in total. The molecule has 27 heavy (non-hydrogen) atoms. The van der Waals surface area contributed by atoms with Gasteiger partial charge in [0.2, 0.25) is 5.82 Å². The SMILES string of the molecule is O=[N+]([O-])c1cccnc1N/N=C\c1ccc(OCc2ccc(F)cc2)cc1. The smallest absolute Gasteiger partial charge is 0.313 e. The van der Waals surface area contributed by atoms with E-state index in [4.69, 9.17) is 4.74 Å². The zero-order valence-electron chi connectivity index (χ0n) is 14.1. The number of aromatic nitrogens is 1. The average molecular weight is 366 g/mol. The lowest BCUT2D eigenvalue weighted by molar-refractivity contribution is -0.384. The second-order valence-corrected chi connectivity index (χ2v) is 5.48. The van der Waals surface area contributed by atoms with E-state index in [0.717, 1.165) is 11.1 Å². The van der Waals surface area contributed by atoms with Crippen LogP contribution < -0.4 is 10.2 Å². The number of hydrazone groups is 1. The van der Waals surface area contributed by atoms with E-state index in [1.807, 2.05) is 0 Å². The van der Waals surface area contributed by atoms with Crippen molar-refractivity contribution in [2.24, 2.45) is 5.10 Å². The number of benzene rings is 2. The summed E-state index contributed by atoms with van der Waals surface area (Å²) in [5, 5.41) is 14.9. The van der Waals surface area contributed by atoms with Gasteiger partial charge in [-0.25, -0.2) is 9.37 Å². The number of ether oxygens (including phenoxy) is 1. The number of nitrogens with zero attached hydrogens (tertiary/aromatic N) is 3. The zero-order valence-corrected chi connectivity index (χ0v) is 14.1. The maximum absolute atomic E-state index is 12.9. The molecule has 3 rings (SSSR count). The van der Waals surface area contributed by atoms with Gasteiger partial charge in [-0.3, -0.25) is 15.5 Å². The lowest BCUT2D eigenvalue weighted by atomic mass is 10.2. The van der Waals surface area contributed by atoms with E-state index < -0.39 is 4.92 Å². The molecule has 0 spiro atoms. The van der Waals surface area contributed by atoms with E-state index in [2.05, 4.69) is 15.5 Å². The van der Waals surface area contributed by atoms with Crippen LogP contribution >= 0.6 is 0 Å². The van der Waals surface area contributed by atoms with Gasteiger partial charge in [-0.1, -0.05) is 12.1 Å². The van der Waals surface area contributed by atoms with Crippen LogP contribution in [0.25, 0.3) is 0 Å². The fourth-order valence-electron chi connectivity index (χ4n) is 2.20. The van der Waals surface area contributed by atoms with E-state index >= 15 is 0 Å². The van der Waals surface area contributed by atoms with Crippen molar-refractivity contribution in [2.75, 3.05) is 5.43 Å². The first kappa shape index (κ1) is 18.0. The van der Waals surface area contributed by atoms with Crippen molar-refractivity contribution >= 4 is 17.7 Å². The number of hydrogen-bond donors (Lipinski definition) is 1. The summed E-state index contributed by atoms with van der Waals surface area (Å²) < 4.78 is 18.5. The lowest BCUT2D eigenvalue weighted by Gasteiger charge is -2.06. The Hall–Kier alpha value is -3.81. The molecule has 0 unspecified atom stereocenters. The molecule has 8 heteroatoms. The molecule has 0 aliphatic rings. The van der Waals surface area contributed by atoms with Crippen LogP contribution in [0.2, 0.25) is 0 Å². The molecule has 0 radical (unpaired) electrons. The van der Waals surface area contributed by atoms with Gasteiger partial charge in [0, 0.05) is 12.3 Å². The van der Waals surface area contributed by atoms with Crippen molar-refractivity contribution in [2.45, 2.75) is 6.61 Å². The highest BCUT2D eigenvalue weighted by Gasteiger charge is 2.12. The predicted octanol–water partition coefficient (Wildman–Crippen LogP) is 4.15. The summed E-state index contributed by atoms with van der Waals surface area (Å²) in [6.45, 7) is 0.332. The lowest BCUT2D eigenvalue weighted by Crippen LogP contribution is -1.99. The fourth-order valence-corrected chi connectivity index (χ4v) is 2.20. The Morgan fingerprint density at radius 2 is 1.89 bits per heavy atom. The molecule has 1 N–H and O–H groups in total. The molecule has 0 atom stereocenters. The molecule has 0 bridgehead atoms. The topological polar surface area (TPSA) is 89.7 Å². The third-order valence-corrected chi connectivity index (χ3v) is 3.57. The molecule has 0 fully saturated rings. The van der Waals surface area contributed by atoms with Crippen molar-refractivity contribution in [3.63, 3.8) is 0 Å². The number of anilines is 1. The number of hydrogen-bond acceptors (Lipinski definition) is 6. The van der Waals surface area contributed by atoms with Crippen molar-refractivity contribution in [3.05, 3.63) is 93.9 Å². The Kier molecular flexibility index (Phi) is 5.68. The quantitative estimate of drug-likeness (QED) is 0.385. The van der Waals surface area contributed by atoms with Gasteiger partial charge in [0.25, 0.3) is 0 Å². The minimum atomic E-state index is -0.530. The van der Waals surface area contributed by atoms with Crippen molar-refractivity contribution in [1.82, 2.24) is 4.98 Å². The Bertz CT molecular complexity index is 944. The summed E-state index contributed by atoms with van der Waals surface area (Å²) in [6.07, 6.45) is 2.96. The van der Waals surface area contributed by atoms with E-state index in [0.29, 0.717) is 12.4 Å². The molecule has 136 valence electrons. The first-order valence-electron chi connectivity index (χ1n) is 7.97. The molecule has 0 aliphatic carbocycles. The Labute approximate surface area is 154 Å². The summed E-state index contributed by atoms with van der Waals surface area (Å²) in [5.41, 5.74) is 4.05. The Morgan fingerprint density at radius 1 is 1.15 bits per heavy atom. The van der Waals surface area contributed by atoms with Crippen LogP contribution in [0.1, 0.15) is 11.1 Å². The van der Waals surface area contributed by atoms with Crippen LogP contribution in [0.15, 0.2) is 72.0 Å². The van der Waals surface area contributed by atoms with Crippen molar-refractivity contribution in [1.29, 1.82) is 0 Å². The van der Waals surface area contributed by atoms with Crippen LogP contribution in [0.3, 0.4) is 0 Å². The van der Waals surface area contributed by atoms with Gasteiger partial charge in [0.1, 0.15) is 18.2 Å². The van der Waals surface area contributed by atoms with Crippen molar-refractivity contribution in [3.8, 4) is 5.75 Å². The van der Waals surface area contributed by atoms with Crippen LogP contribution in [-0.4, -0.2) is 16.1 Å². The van der Waals surface area contributed by atoms with Gasteiger partial charge in [-0.15, -0.1) is 0 Å². The molecule has 2 aromatic carbocycles. The van der Waals surface area contributed by atoms with Crippen LogP contribution in [0.5, 0.6) is 5.75 Å². The summed E-state index contributed by atoms with van der Waals surface area (Å²) in [6, 6.07) is 16.1. The largest absolute Gasteiger partial charge is 0.489 e. The molecule has 3 aromatic rings. The minimum Gasteiger partial charge on any atom is -0.489 e. The standard InChI is InChI=1S/C19H15FN4O3/c20-16-7-3-15(4-8-16)13-27-17-9-5-14(6-10-17)12-22-23-19-18(24(25)26)2-1-11-21-19/h1-12H,13H2,(H,21,23)/b22-12-. The number of nitrogens with one attached hydrogen (secondary N) is 1. The molecular weight excluding hydrogens is 351 g/mol. The molecule has 1 aromatic heterocycles. The number of pyridine rings is 1. The fraction of sp³-hybridized carbons (Fsp3) is 0.0526. The zero-order chi connectivity index (χ0) is 19.1. The van der Waals surface area contributed by atoms with Crippen molar-refractivity contribution < 1.29 is 14.1 Å². The number of nitro groups is 1. The summed E-state index contributed by atoms with van der Waals surface area (Å²) in [4.78, 5) is 14.3. The third-order valence-electron chi connectivity index (χ3n) is 3.57. The maximum Gasteiger partial charge on any atom is 0.313 e. The van der Waals surface area contributed by atoms with Gasteiger partial charge in [-0.2, -0.15) is 5.10 Å². The minimum absolute atomic E-state index is 0.0676. The molecule has 0 saturated carbocycles. The maximum atomic E-state index is 12.9. The number of rotatable bonds is 7. The van der Waals surface area contributed by atoms with Crippen LogP contribution in [0, 0.1) is 15.9 Å². The third kappa shape index (κ3) is 5.08. The van der Waals surface area contributed by atoms with Gasteiger partial charge in [0.05, 0.1) is 11.1 Å². The van der Waals surface area contributed by atoms with E-state index in [1.165, 1.54) is 36.7 Å². The van der Waals surface area contributed by atoms with Gasteiger partial charge in [0.15, 0.2) is 0 Å². The summed E-state index contributed by atoms with van der Waals surface area (Å²) >= 11 is 0. The van der Waals surface area contributed by atoms with Gasteiger partial charge in [-0.05, 0) is 53.6 Å². The van der Waals surface area contributed by atoms with E-state index in [9.17, 15) is 14.5 Å². The average Bonchev–Trinajstić information content (AvgIpc) is 2.69. The van der Waals surface area contributed by atoms with Gasteiger partial charge < -0.3 is 4.74 Å². The second-order valence-electron chi connectivity index (χ2n) is 5.48. The van der Waals surface area contributed by atoms with Crippen LogP contribution in [0.4, 0.5) is 15.9 Å². The molecule has 0 saturated heterocycles. The highest BCUT2D eigenvalue weighted by atomic mass is 19.1. The monoisotopic (exact) mass is 366 g/mol. The molecule has 1 heterocycles. The Balaban J connectivity index is 1.56. The molecular formula is C19H15FN4O3. The second kappa shape index (κ2) is 8.52. The Morgan fingerprint density at radius 3 is 2.59 bits per heavy atom. The van der Waals surface area contributed by atoms with E-state index in [-0.39, 0.29) is 17.3 Å². The van der Waals surface area contributed by atoms with E-state index in [1.54, 1.807) is 36.4 Å².